The molecule has 15 aromatic rings. The van der Waals surface area contributed by atoms with Crippen LogP contribution < -0.4 is 9.47 Å². The number of carbonyl (C=O) groups excluding carboxylic acids is 5. The maximum absolute atomic E-state index is 13.3. The van der Waals surface area contributed by atoms with Gasteiger partial charge in [0.15, 0.2) is 52.0 Å². The number of nitrogens with one attached hydrogen (secondary N) is 5. The Balaban J connectivity index is 0.000000141. The molecule has 17 nitrogen and oxygen atoms in total. The predicted octanol–water partition coefficient (Wildman–Crippen LogP) is 24.2. The first-order chi connectivity index (χ1) is 59.5. The van der Waals surface area contributed by atoms with E-state index in [4.69, 9.17) is 44.3 Å². The Morgan fingerprint density at radius 1 is 0.282 bits per heavy atom. The summed E-state index contributed by atoms with van der Waals surface area (Å²) in [4.78, 5) is 60.7. The number of H-pyrrole nitrogens is 5. The number of carbonyl (C=O) groups is 5. The van der Waals surface area contributed by atoms with Crippen LogP contribution in [-0.4, -0.2) is 86.7 Å². The average molecular weight is 1730 g/mol. The van der Waals surface area contributed by atoms with Gasteiger partial charge in [-0.1, -0.05) is 53.0 Å². The number of halogens is 11. The van der Waals surface area contributed by atoms with Crippen LogP contribution in [-0.2, 0) is 0 Å². The minimum atomic E-state index is -0.959. The number of nitrogens with zero attached hydrogens (tertiary/aromatic N) is 5. The third kappa shape index (κ3) is 23.8. The molecule has 0 aliphatic carbocycles. The van der Waals surface area contributed by atoms with Crippen LogP contribution in [0, 0.1) is 81.2 Å². The van der Waals surface area contributed by atoms with Crippen molar-refractivity contribution < 1.29 is 68.6 Å². The molecule has 16 rings (SSSR count). The Hall–Kier alpha value is -14.8. The smallest absolute Gasteiger partial charge is 0.231 e. The second kappa shape index (κ2) is 41.0. The Morgan fingerprint density at radius 2 is 0.556 bits per heavy atom. The summed E-state index contributed by atoms with van der Waals surface area (Å²) < 4.78 is 116. The lowest BCUT2D eigenvalue weighted by molar-refractivity contribution is 0.103. The maximum Gasteiger partial charge on any atom is 0.231 e. The van der Waals surface area contributed by atoms with E-state index in [-0.39, 0.29) is 70.6 Å². The number of fused-ring (bicyclic) bond motifs is 1. The highest BCUT2D eigenvalue weighted by Crippen LogP contribution is 2.36. The highest BCUT2D eigenvalue weighted by molar-refractivity contribution is 6.42. The molecular formula is C96H69Cl3F8N10O7. The van der Waals surface area contributed by atoms with Gasteiger partial charge in [-0.3, -0.25) is 49.5 Å². The zero-order valence-electron chi connectivity index (χ0n) is 66.1. The SMILES string of the molecule is Cc1cc(C(=O)/C=C/c2cc(-c3ccc(Cl)c(Cl)c3)n[nH]2)ccc1F.Cc1cc(C(=O)/C=C/c2cc(-c3ccc(Cl)cc3)n[nH]2)ccc1F.Cc1cc(C(=O)/C=C/c2cc(-c3ccc(F)c(F)c3)n[nH]2)ccc1F.Cc1cc(C(=O)/C=C/c2cc(-c3ccc(F)cc3)n[nH]2)ccc1F.Cc1cc(C(=O)/C=C/c2cc(-c3ccc4c(c3)OCO4)n[nH]2)ccc1F. The number of aromatic nitrogens is 10. The first kappa shape index (κ1) is 88.5. The van der Waals surface area contributed by atoms with E-state index in [1.165, 1.54) is 146 Å². The van der Waals surface area contributed by atoms with Gasteiger partial charge in [-0.2, -0.15) is 25.5 Å². The molecule has 622 valence electrons. The molecular weight excluding hydrogens is 1660 g/mol. The van der Waals surface area contributed by atoms with E-state index in [1.807, 2.05) is 48.5 Å². The molecule has 1 aliphatic heterocycles. The second-order valence-electron chi connectivity index (χ2n) is 27.7. The molecule has 0 saturated heterocycles. The lowest BCUT2D eigenvalue weighted by Crippen LogP contribution is -1.96. The molecule has 5 N–H and O–H groups in total. The number of rotatable bonds is 20. The Kier molecular flexibility index (Phi) is 29.2. The second-order valence-corrected chi connectivity index (χ2v) is 28.9. The van der Waals surface area contributed by atoms with Crippen LogP contribution in [0.2, 0.25) is 15.1 Å². The quantitative estimate of drug-likeness (QED) is 0.0272. The van der Waals surface area contributed by atoms with E-state index in [1.54, 1.807) is 114 Å². The predicted molar refractivity (Wildman–Crippen MR) is 464 cm³/mol. The standard InChI is InChI=1S/C20H15FN2O3.C19H13Cl2FN2O.C19H14ClFN2O.C19H13F3N2O.C19H14F2N2O/c1-12-8-14(2-5-16(12)21)18(24)6-4-15-10-17(23-22-15)13-3-7-19-20(9-13)26-11-25-19;1-11-8-13(3-6-17(11)22)19(25)7-4-14-10-18(24-23-14)12-2-5-15(20)16(21)9-12;1-12-10-14(4-8-17(12)21)19(24)9-7-16-11-18(23-22-16)13-2-5-15(20)6-3-13;1-11-8-13(3-5-15(11)20)19(25)7-4-14-10-18(24-23-14)12-2-6-16(21)17(22)9-12;1-12-10-14(4-8-17(12)21)19(24)9-7-16-11-18(23-22-16)13-2-5-15(20)6-3-13/h2-10H,11H2,1H3,(H,22,23);2-10H,1H3,(H,23,24);2-11H,1H3,(H,22,23);2-10H,1H3,(H,23,24);2-11H,1H3,(H,22,23)/b6-4+;7-4+;9-7+;7-4+;9-7+. The third-order valence-corrected chi connectivity index (χ3v) is 19.6. The largest absolute Gasteiger partial charge is 0.454 e. The third-order valence-electron chi connectivity index (χ3n) is 18.7. The number of aromatic amines is 5. The summed E-state index contributed by atoms with van der Waals surface area (Å²) in [5.74, 6) is -3.62. The van der Waals surface area contributed by atoms with Crippen LogP contribution in [0.25, 0.3) is 86.7 Å². The van der Waals surface area contributed by atoms with Crippen molar-refractivity contribution >= 4 is 94.1 Å². The Labute approximate surface area is 719 Å². The van der Waals surface area contributed by atoms with Gasteiger partial charge in [0.05, 0.1) is 67.0 Å². The summed E-state index contributed by atoms with van der Waals surface area (Å²) in [6.45, 7) is 8.29. The molecule has 6 heterocycles. The molecule has 0 spiro atoms. The fourth-order valence-electron chi connectivity index (χ4n) is 11.8. The lowest BCUT2D eigenvalue weighted by atomic mass is 10.1. The molecule has 0 radical (unpaired) electrons. The molecule has 0 unspecified atom stereocenters. The van der Waals surface area contributed by atoms with Gasteiger partial charge in [-0.15, -0.1) is 0 Å². The summed E-state index contributed by atoms with van der Waals surface area (Å²) in [7, 11) is 0. The van der Waals surface area contributed by atoms with E-state index in [0.717, 1.165) is 45.8 Å². The fourth-order valence-corrected chi connectivity index (χ4v) is 12.2. The van der Waals surface area contributed by atoms with Crippen molar-refractivity contribution in [2.24, 2.45) is 0 Å². The average Bonchev–Trinajstić information content (AvgIpc) is 1.68. The van der Waals surface area contributed by atoms with Gasteiger partial charge >= 0.3 is 0 Å². The van der Waals surface area contributed by atoms with Crippen LogP contribution in [0.15, 0.2) is 255 Å². The van der Waals surface area contributed by atoms with Crippen LogP contribution >= 0.6 is 34.8 Å². The number of benzene rings is 10. The molecule has 0 atom stereocenters. The van der Waals surface area contributed by atoms with Crippen molar-refractivity contribution in [3.8, 4) is 67.8 Å². The van der Waals surface area contributed by atoms with Crippen molar-refractivity contribution in [1.29, 1.82) is 0 Å². The van der Waals surface area contributed by atoms with Crippen molar-refractivity contribution in [1.82, 2.24) is 51.0 Å². The summed E-state index contributed by atoms with van der Waals surface area (Å²) in [6.07, 6.45) is 15.0. The highest BCUT2D eigenvalue weighted by Gasteiger charge is 2.18. The summed E-state index contributed by atoms with van der Waals surface area (Å²) >= 11 is 17.8. The van der Waals surface area contributed by atoms with E-state index in [2.05, 4.69) is 51.0 Å². The van der Waals surface area contributed by atoms with Gasteiger partial charge in [0, 0.05) is 60.7 Å². The number of allylic oxidation sites excluding steroid dienone is 5. The molecule has 0 amide bonds. The van der Waals surface area contributed by atoms with E-state index >= 15 is 0 Å². The fraction of sp³-hybridized carbons (Fsp3) is 0.0625. The van der Waals surface area contributed by atoms with Gasteiger partial charge in [0.25, 0.3) is 0 Å². The first-order valence-electron chi connectivity index (χ1n) is 37.6. The van der Waals surface area contributed by atoms with Gasteiger partial charge < -0.3 is 9.47 Å². The number of hydrogen-bond donors (Lipinski definition) is 5. The molecule has 0 bridgehead atoms. The van der Waals surface area contributed by atoms with Crippen molar-refractivity contribution in [2.45, 2.75) is 34.6 Å². The van der Waals surface area contributed by atoms with Crippen molar-refractivity contribution in [3.05, 3.63) is 401 Å². The number of ether oxygens (including phenoxy) is 2. The van der Waals surface area contributed by atoms with E-state index in [0.29, 0.717) is 133 Å². The highest BCUT2D eigenvalue weighted by atomic mass is 35.5. The maximum atomic E-state index is 13.3. The van der Waals surface area contributed by atoms with Gasteiger partial charge in [-0.25, -0.2) is 35.1 Å². The van der Waals surface area contributed by atoms with E-state index in [9.17, 15) is 59.1 Å². The van der Waals surface area contributed by atoms with Crippen molar-refractivity contribution in [2.75, 3.05) is 6.79 Å². The monoisotopic (exact) mass is 1730 g/mol. The number of aryl methyl sites for hydroxylation is 5. The molecule has 0 fully saturated rings. The van der Waals surface area contributed by atoms with Crippen molar-refractivity contribution in [3.63, 3.8) is 0 Å². The van der Waals surface area contributed by atoms with Gasteiger partial charge in [0.2, 0.25) is 6.79 Å². The zero-order chi connectivity index (χ0) is 88.3. The van der Waals surface area contributed by atoms with Crippen LogP contribution in [0.4, 0.5) is 35.1 Å². The summed E-state index contributed by atoms with van der Waals surface area (Å²) in [5, 5.41) is 36.5. The summed E-state index contributed by atoms with van der Waals surface area (Å²) in [5.41, 5.74) is 14.5. The molecule has 5 aromatic heterocycles. The minimum Gasteiger partial charge on any atom is -0.454 e. The Bertz CT molecular complexity index is 6330. The Morgan fingerprint density at radius 3 is 0.879 bits per heavy atom. The molecule has 10 aromatic carbocycles. The first-order valence-corrected chi connectivity index (χ1v) is 38.7. The molecule has 28 heteroatoms. The van der Waals surface area contributed by atoms with Gasteiger partial charge in [-0.05, 0) is 329 Å². The van der Waals surface area contributed by atoms with Crippen LogP contribution in [0.5, 0.6) is 11.5 Å². The van der Waals surface area contributed by atoms with Crippen LogP contribution in [0.3, 0.4) is 0 Å². The number of hydrogen-bond acceptors (Lipinski definition) is 12. The van der Waals surface area contributed by atoms with Crippen LogP contribution in [0.1, 0.15) is 108 Å². The molecule has 1 aliphatic rings. The zero-order valence-corrected chi connectivity index (χ0v) is 68.4. The lowest BCUT2D eigenvalue weighted by Gasteiger charge is -1.99. The normalized spacial score (nSPS) is 11.5. The molecule has 0 saturated carbocycles. The van der Waals surface area contributed by atoms with Gasteiger partial charge in [0.1, 0.15) is 34.9 Å². The van der Waals surface area contributed by atoms with E-state index < -0.39 is 11.6 Å². The topological polar surface area (TPSA) is 247 Å². The number of ketones is 5. The summed E-state index contributed by atoms with van der Waals surface area (Å²) in [6, 6.07) is 57.7. The molecule has 124 heavy (non-hydrogen) atoms. The minimum absolute atomic E-state index is 0.194.